The Hall–Kier alpha value is -8.56. The smallest absolute Gasteiger partial charge is 0.0991 e. The lowest BCUT2D eigenvalue weighted by molar-refractivity contribution is 1.25. The molecule has 0 amide bonds. The number of nitrogens with one attached hydrogen (secondary N) is 2. The van der Waals surface area contributed by atoms with Gasteiger partial charge in [-0.15, -0.1) is 0 Å². The summed E-state index contributed by atoms with van der Waals surface area (Å²) >= 11 is 0. The van der Waals surface area contributed by atoms with Gasteiger partial charge in [0.1, 0.15) is 0 Å². The second-order valence-corrected chi connectivity index (χ2v) is 13.3. The quantitative estimate of drug-likeness (QED) is 0.164. The fourth-order valence-corrected chi connectivity index (χ4v) is 6.93. The van der Waals surface area contributed by atoms with E-state index in [1.165, 1.54) is 0 Å². The van der Waals surface area contributed by atoms with Crippen LogP contribution in [0.4, 0.5) is 0 Å². The van der Waals surface area contributed by atoms with Crippen molar-refractivity contribution in [2.24, 2.45) is 9.98 Å². The van der Waals surface area contributed by atoms with Crippen LogP contribution in [0.5, 0.6) is 0 Å². The molecule has 4 aromatic carbocycles. The van der Waals surface area contributed by atoms with Crippen molar-refractivity contribution in [2.45, 2.75) is 0 Å². The summed E-state index contributed by atoms with van der Waals surface area (Å²) in [6.45, 7) is 4.93. The molecular weight excluding hydrogens is 701 g/mol. The second kappa shape index (κ2) is 15.4. The Labute approximate surface area is 329 Å². The Morgan fingerprint density at radius 1 is 0.474 bits per heavy atom. The van der Waals surface area contributed by atoms with Crippen molar-refractivity contribution in [1.82, 2.24) is 9.97 Å². The lowest BCUT2D eigenvalue weighted by Crippen LogP contribution is -2.21. The number of hydrogen-bond acceptors (Lipinski definition) is 6. The van der Waals surface area contributed by atoms with E-state index < -0.39 is 0 Å². The highest BCUT2D eigenvalue weighted by Crippen LogP contribution is 2.33. The van der Waals surface area contributed by atoms with Gasteiger partial charge in [-0.2, -0.15) is 21.0 Å². The molecule has 2 aromatic heterocycles. The van der Waals surface area contributed by atoms with Gasteiger partial charge in [-0.25, -0.2) is 4.99 Å². The largest absolute Gasteiger partial charge is 0.354 e. The minimum Gasteiger partial charge on any atom is -0.354 e. The topological polar surface area (TPSA) is 151 Å². The van der Waals surface area contributed by atoms with E-state index in [1.807, 2.05) is 97.1 Å². The molecule has 57 heavy (non-hydrogen) atoms. The zero-order chi connectivity index (χ0) is 39.3. The first-order chi connectivity index (χ1) is 28.0. The number of allylic oxidation sites excluding steroid dienone is 3. The van der Waals surface area contributed by atoms with Crippen LogP contribution in [0.15, 0.2) is 168 Å². The third kappa shape index (κ3) is 7.10. The molecule has 2 aliphatic rings. The predicted molar refractivity (Wildman–Crippen MR) is 223 cm³/mol. The minimum atomic E-state index is 0.547. The van der Waals surface area contributed by atoms with Gasteiger partial charge in [0.05, 0.1) is 70.2 Å². The summed E-state index contributed by atoms with van der Waals surface area (Å²) in [7, 11) is 0. The third-order valence-electron chi connectivity index (χ3n) is 9.83. The molecule has 0 unspecified atom stereocenters. The van der Waals surface area contributed by atoms with E-state index in [9.17, 15) is 21.0 Å². The van der Waals surface area contributed by atoms with Crippen LogP contribution in [0, 0.1) is 45.3 Å². The normalized spacial score (nSPS) is 14.7. The van der Waals surface area contributed by atoms with E-state index in [0.29, 0.717) is 40.2 Å². The van der Waals surface area contributed by atoms with E-state index >= 15 is 0 Å². The van der Waals surface area contributed by atoms with Crippen molar-refractivity contribution in [1.29, 1.82) is 21.0 Å². The number of nitrogens with zero attached hydrogens (tertiary/aromatic N) is 6. The molecule has 2 aliphatic heterocycles. The fraction of sp³-hybridized carbons (Fsp3) is 0.0204. The fourth-order valence-electron chi connectivity index (χ4n) is 6.93. The highest BCUT2D eigenvalue weighted by Gasteiger charge is 2.21. The summed E-state index contributed by atoms with van der Waals surface area (Å²) in [5, 5.41) is 39.5. The number of benzene rings is 4. The molecule has 0 radical (unpaired) electrons. The van der Waals surface area contributed by atoms with Gasteiger partial charge in [0.2, 0.25) is 0 Å². The summed E-state index contributed by atoms with van der Waals surface area (Å²) < 4.78 is 0. The maximum atomic E-state index is 9.59. The Bertz CT molecular complexity index is 3040. The minimum absolute atomic E-state index is 0.547. The lowest BCUT2D eigenvalue weighted by Gasteiger charge is -2.10. The van der Waals surface area contributed by atoms with Crippen LogP contribution in [0.25, 0.3) is 22.3 Å². The Kier molecular flexibility index (Phi) is 9.60. The van der Waals surface area contributed by atoms with Crippen molar-refractivity contribution >= 4 is 33.7 Å². The van der Waals surface area contributed by atoms with E-state index in [2.05, 4.69) is 40.8 Å². The molecule has 0 atom stereocenters. The Morgan fingerprint density at radius 2 is 0.930 bits per heavy atom. The van der Waals surface area contributed by atoms with Crippen molar-refractivity contribution in [3.63, 3.8) is 0 Å². The van der Waals surface area contributed by atoms with Gasteiger partial charge in [-0.05, 0) is 119 Å². The van der Waals surface area contributed by atoms with E-state index in [1.54, 1.807) is 48.5 Å². The van der Waals surface area contributed by atoms with Gasteiger partial charge in [0.25, 0.3) is 0 Å². The van der Waals surface area contributed by atoms with E-state index in [0.717, 1.165) is 72.3 Å². The summed E-state index contributed by atoms with van der Waals surface area (Å²) in [5.41, 5.74) is 13.0. The molecule has 2 N–H and O–H groups in total. The van der Waals surface area contributed by atoms with Crippen LogP contribution in [-0.4, -0.2) is 27.9 Å². The molecular formula is C49H30N8. The SMILES string of the molecule is C=C(c1ccc(C#N)cc1)c1ccc(/C(=C2/C=CC(C(/c3ccc(C#N)cc3)=c3/cc/c(=C(/C4=NCC=C4)c4ccc(C#N)cc4)[nH]3)=N2)c2ccc(C#N)cc2)[nH]1. The summed E-state index contributed by atoms with van der Waals surface area (Å²) in [4.78, 5) is 17.2. The summed E-state index contributed by atoms with van der Waals surface area (Å²) in [6, 6.07) is 46.5. The average molecular weight is 731 g/mol. The number of aliphatic imine (C=N–C) groups is 2. The molecule has 8 heteroatoms. The van der Waals surface area contributed by atoms with Crippen LogP contribution >= 0.6 is 0 Å². The number of hydrogen-bond donors (Lipinski definition) is 2. The van der Waals surface area contributed by atoms with Gasteiger partial charge < -0.3 is 9.97 Å². The zero-order valence-corrected chi connectivity index (χ0v) is 30.5. The second-order valence-electron chi connectivity index (χ2n) is 13.3. The molecule has 0 saturated heterocycles. The Morgan fingerprint density at radius 3 is 1.40 bits per heavy atom. The van der Waals surface area contributed by atoms with Gasteiger partial charge >= 0.3 is 0 Å². The lowest BCUT2D eigenvalue weighted by atomic mass is 9.99. The number of nitriles is 4. The first-order valence-corrected chi connectivity index (χ1v) is 18.0. The van der Waals surface area contributed by atoms with Crippen molar-refractivity contribution in [3.05, 3.63) is 225 Å². The molecule has 4 heterocycles. The molecule has 6 aromatic rings. The van der Waals surface area contributed by atoms with Crippen LogP contribution in [0.3, 0.4) is 0 Å². The van der Waals surface area contributed by atoms with Crippen molar-refractivity contribution in [3.8, 4) is 24.3 Å². The van der Waals surface area contributed by atoms with Crippen molar-refractivity contribution < 1.29 is 0 Å². The monoisotopic (exact) mass is 730 g/mol. The van der Waals surface area contributed by atoms with Crippen molar-refractivity contribution in [2.75, 3.05) is 6.54 Å². The molecule has 0 saturated carbocycles. The molecule has 0 fully saturated rings. The maximum Gasteiger partial charge on any atom is 0.0991 e. The highest BCUT2D eigenvalue weighted by molar-refractivity contribution is 6.31. The van der Waals surface area contributed by atoms with Crippen LogP contribution in [-0.2, 0) is 0 Å². The number of rotatable bonds is 8. The predicted octanol–water partition coefficient (Wildman–Crippen LogP) is 7.77. The standard InChI is InChI=1S/C49H30N8/c1-31(36-12-4-32(27-50)5-13-36)40-20-21-43(55-40)48(38-16-8-34(29-52)9-17-38)44-24-25-46(57-44)49(39-18-10-35(30-53)11-19-39)45-23-22-42(56-45)47(41-3-2-26-54-41)37-14-6-33(28-51)7-15-37/h2-25,55-56H,1,26H2/b47-42-,48-44-,49-45-. The van der Waals surface area contributed by atoms with E-state index in [-0.39, 0.29) is 0 Å². The van der Waals surface area contributed by atoms with Gasteiger partial charge in [0.15, 0.2) is 0 Å². The maximum absolute atomic E-state index is 9.59. The number of aromatic amines is 2. The molecule has 266 valence electrons. The first kappa shape index (κ1) is 35.5. The third-order valence-corrected chi connectivity index (χ3v) is 9.83. The number of aromatic nitrogens is 2. The van der Waals surface area contributed by atoms with Gasteiger partial charge in [-0.1, -0.05) is 61.2 Å². The molecule has 8 nitrogen and oxygen atoms in total. The molecule has 0 aliphatic carbocycles. The molecule has 0 spiro atoms. The summed E-state index contributed by atoms with van der Waals surface area (Å²) in [6.07, 6.45) is 8.00. The van der Waals surface area contributed by atoms with Gasteiger partial charge in [-0.3, -0.25) is 4.99 Å². The summed E-state index contributed by atoms with van der Waals surface area (Å²) in [5.74, 6) is 0. The first-order valence-electron chi connectivity index (χ1n) is 18.0. The van der Waals surface area contributed by atoms with Gasteiger partial charge in [0, 0.05) is 38.8 Å². The van der Waals surface area contributed by atoms with Crippen LogP contribution < -0.4 is 10.7 Å². The Balaban J connectivity index is 1.31. The highest BCUT2D eigenvalue weighted by atomic mass is 14.8. The van der Waals surface area contributed by atoms with Crippen LogP contribution in [0.2, 0.25) is 0 Å². The molecule has 8 rings (SSSR count). The zero-order valence-electron chi connectivity index (χ0n) is 30.5. The molecule has 0 bridgehead atoms. The number of H-pyrrole nitrogens is 2. The van der Waals surface area contributed by atoms with Crippen LogP contribution in [0.1, 0.15) is 55.9 Å². The average Bonchev–Trinajstić information content (AvgIpc) is 4.12. The van der Waals surface area contributed by atoms with E-state index in [4.69, 9.17) is 9.98 Å².